The summed E-state index contributed by atoms with van der Waals surface area (Å²) < 4.78 is 0. The lowest BCUT2D eigenvalue weighted by Crippen LogP contribution is -2.34. The zero-order valence-corrected chi connectivity index (χ0v) is 13.3. The molecule has 19 heavy (non-hydrogen) atoms. The first-order chi connectivity index (χ1) is 9.08. The van der Waals surface area contributed by atoms with E-state index in [-0.39, 0.29) is 5.78 Å². The van der Waals surface area contributed by atoms with Crippen LogP contribution in [0.15, 0.2) is 24.3 Å². The van der Waals surface area contributed by atoms with Crippen LogP contribution < -0.4 is 0 Å². The van der Waals surface area contributed by atoms with Crippen molar-refractivity contribution in [2.24, 2.45) is 0 Å². The summed E-state index contributed by atoms with van der Waals surface area (Å²) in [5.41, 5.74) is 1.99. The van der Waals surface area contributed by atoms with Crippen LogP contribution in [0.1, 0.15) is 35.7 Å². The van der Waals surface area contributed by atoms with E-state index in [9.17, 15) is 4.79 Å². The number of carbonyl (C=O) groups excluding carboxylic acids is 1. The molecule has 0 N–H and O–H groups in total. The highest BCUT2D eigenvalue weighted by Gasteiger charge is 2.14. The minimum absolute atomic E-state index is 0.245. The number of rotatable bonds is 8. The number of thioether (sulfide) groups is 1. The van der Waals surface area contributed by atoms with E-state index in [1.165, 1.54) is 0 Å². The third-order valence-electron chi connectivity index (χ3n) is 3.49. The highest BCUT2D eigenvalue weighted by Crippen LogP contribution is 2.11. The molecule has 1 aromatic rings. The number of ketones is 1. The van der Waals surface area contributed by atoms with Crippen molar-refractivity contribution in [1.82, 2.24) is 4.90 Å². The van der Waals surface area contributed by atoms with Gasteiger partial charge in [0.2, 0.25) is 0 Å². The molecule has 0 aromatic heterocycles. The van der Waals surface area contributed by atoms with Gasteiger partial charge in [-0.1, -0.05) is 30.7 Å². The van der Waals surface area contributed by atoms with Crippen molar-refractivity contribution in [2.45, 2.75) is 32.7 Å². The fourth-order valence-electron chi connectivity index (χ4n) is 2.17. The van der Waals surface area contributed by atoms with E-state index in [2.05, 4.69) is 25.1 Å². The molecule has 0 bridgehead atoms. The number of hydrogen-bond donors (Lipinski definition) is 0. The van der Waals surface area contributed by atoms with E-state index >= 15 is 0 Å². The van der Waals surface area contributed by atoms with Crippen molar-refractivity contribution in [3.05, 3.63) is 35.4 Å². The Bertz CT molecular complexity index is 405. The van der Waals surface area contributed by atoms with Crippen LogP contribution in [0.3, 0.4) is 0 Å². The van der Waals surface area contributed by atoms with Crippen LogP contribution in [0.4, 0.5) is 0 Å². The van der Waals surface area contributed by atoms with Crippen LogP contribution in [-0.4, -0.2) is 42.3 Å². The predicted octanol–water partition coefficient (Wildman–Crippen LogP) is 3.64. The lowest BCUT2D eigenvalue weighted by atomic mass is 10.1. The number of hydrogen-bond acceptors (Lipinski definition) is 3. The molecule has 0 aliphatic rings. The summed E-state index contributed by atoms with van der Waals surface area (Å²) in [5, 5.41) is 0. The zero-order chi connectivity index (χ0) is 14.3. The van der Waals surface area contributed by atoms with Crippen LogP contribution in [-0.2, 0) is 0 Å². The van der Waals surface area contributed by atoms with Crippen molar-refractivity contribution in [1.29, 1.82) is 0 Å². The lowest BCUT2D eigenvalue weighted by Gasteiger charge is -2.26. The Kier molecular flexibility index (Phi) is 7.17. The number of nitrogens with zero attached hydrogens (tertiary/aromatic N) is 1. The third-order valence-corrected chi connectivity index (χ3v) is 4.20. The van der Waals surface area contributed by atoms with Gasteiger partial charge in [-0.25, -0.2) is 0 Å². The molecule has 2 nitrogen and oxygen atoms in total. The molecule has 1 aromatic carbocycles. The molecule has 0 fully saturated rings. The maximum atomic E-state index is 12.1. The van der Waals surface area contributed by atoms with Crippen LogP contribution in [0.5, 0.6) is 0 Å². The summed E-state index contributed by atoms with van der Waals surface area (Å²) in [7, 11) is 2.12. The van der Waals surface area contributed by atoms with Gasteiger partial charge in [0, 0.05) is 30.3 Å². The quantitative estimate of drug-likeness (QED) is 0.678. The lowest BCUT2D eigenvalue weighted by molar-refractivity contribution is 0.0962. The smallest absolute Gasteiger partial charge is 0.164 e. The number of Topliss-reactive ketones (excluding diaryl/α,β-unsaturated/α-hetero) is 1. The van der Waals surface area contributed by atoms with E-state index in [0.717, 1.165) is 29.8 Å². The largest absolute Gasteiger partial charge is 0.302 e. The van der Waals surface area contributed by atoms with Gasteiger partial charge in [-0.05, 0) is 32.7 Å². The van der Waals surface area contributed by atoms with E-state index in [4.69, 9.17) is 0 Å². The van der Waals surface area contributed by atoms with Crippen molar-refractivity contribution in [3.8, 4) is 0 Å². The Hall–Kier alpha value is -0.800. The Morgan fingerprint density at radius 3 is 2.74 bits per heavy atom. The molecule has 0 amide bonds. The Balaban J connectivity index is 2.49. The van der Waals surface area contributed by atoms with Crippen LogP contribution >= 0.6 is 11.8 Å². The van der Waals surface area contributed by atoms with Gasteiger partial charge in [-0.15, -0.1) is 0 Å². The van der Waals surface area contributed by atoms with Gasteiger partial charge >= 0.3 is 0 Å². The molecule has 0 aliphatic carbocycles. The molecule has 0 heterocycles. The first-order valence-electron chi connectivity index (χ1n) is 6.87. The minimum atomic E-state index is 0.245. The second-order valence-electron chi connectivity index (χ2n) is 5.04. The molecule has 3 heteroatoms. The van der Waals surface area contributed by atoms with Gasteiger partial charge < -0.3 is 4.90 Å². The summed E-state index contributed by atoms with van der Waals surface area (Å²) in [4.78, 5) is 14.4. The second kappa shape index (κ2) is 8.39. The summed E-state index contributed by atoms with van der Waals surface area (Å²) in [5.74, 6) is 1.38. The molecule has 0 aliphatic heterocycles. The van der Waals surface area contributed by atoms with Crippen LogP contribution in [0, 0.1) is 6.92 Å². The van der Waals surface area contributed by atoms with Crippen molar-refractivity contribution < 1.29 is 4.79 Å². The molecular weight excluding hydrogens is 254 g/mol. The molecule has 0 spiro atoms. The van der Waals surface area contributed by atoms with Gasteiger partial charge in [0.05, 0.1) is 0 Å². The summed E-state index contributed by atoms with van der Waals surface area (Å²) in [6.45, 7) is 5.07. The fraction of sp³-hybridized carbons (Fsp3) is 0.562. The first kappa shape index (κ1) is 16.3. The average molecular weight is 279 g/mol. The highest BCUT2D eigenvalue weighted by atomic mass is 32.2. The maximum Gasteiger partial charge on any atom is 0.164 e. The van der Waals surface area contributed by atoms with Crippen molar-refractivity contribution in [2.75, 3.05) is 25.6 Å². The van der Waals surface area contributed by atoms with Gasteiger partial charge in [-0.2, -0.15) is 11.8 Å². The summed E-state index contributed by atoms with van der Waals surface area (Å²) in [6, 6.07) is 8.43. The number of aryl methyl sites for hydroxylation is 1. The number of benzene rings is 1. The standard InChI is InChI=1S/C16H25NOS/c1-5-15(12-19-4)17(3)10-9-16(18)14-8-6-7-13(2)11-14/h6-8,11,15H,5,9-10,12H2,1-4H3. The van der Waals surface area contributed by atoms with Crippen LogP contribution in [0.25, 0.3) is 0 Å². The molecular formula is C16H25NOS. The van der Waals surface area contributed by atoms with Gasteiger partial charge in [0.25, 0.3) is 0 Å². The summed E-state index contributed by atoms with van der Waals surface area (Å²) in [6.07, 6.45) is 3.87. The Labute approximate surface area is 121 Å². The SMILES string of the molecule is CCC(CSC)N(C)CCC(=O)c1cccc(C)c1. The zero-order valence-electron chi connectivity index (χ0n) is 12.5. The minimum Gasteiger partial charge on any atom is -0.302 e. The number of carbonyl (C=O) groups is 1. The van der Waals surface area contributed by atoms with E-state index in [1.54, 1.807) is 0 Å². The molecule has 1 atom stereocenters. The Morgan fingerprint density at radius 1 is 1.42 bits per heavy atom. The van der Waals surface area contributed by atoms with Crippen molar-refractivity contribution in [3.63, 3.8) is 0 Å². The predicted molar refractivity (Wildman–Crippen MR) is 85.2 cm³/mol. The molecule has 0 saturated carbocycles. The van der Waals surface area contributed by atoms with Gasteiger partial charge in [0.15, 0.2) is 5.78 Å². The molecule has 0 radical (unpaired) electrons. The van der Waals surface area contributed by atoms with Crippen LogP contribution in [0.2, 0.25) is 0 Å². The highest BCUT2D eigenvalue weighted by molar-refractivity contribution is 7.98. The van der Waals surface area contributed by atoms with Gasteiger partial charge in [0.1, 0.15) is 0 Å². The summed E-state index contributed by atoms with van der Waals surface area (Å²) >= 11 is 1.87. The van der Waals surface area contributed by atoms with Gasteiger partial charge in [-0.3, -0.25) is 4.79 Å². The third kappa shape index (κ3) is 5.37. The monoisotopic (exact) mass is 279 g/mol. The van der Waals surface area contributed by atoms with E-state index < -0.39 is 0 Å². The topological polar surface area (TPSA) is 20.3 Å². The second-order valence-corrected chi connectivity index (χ2v) is 5.95. The maximum absolute atomic E-state index is 12.1. The van der Waals surface area contributed by atoms with E-state index in [0.29, 0.717) is 12.5 Å². The Morgan fingerprint density at radius 2 is 2.16 bits per heavy atom. The normalized spacial score (nSPS) is 12.7. The van der Waals surface area contributed by atoms with Crippen molar-refractivity contribution >= 4 is 17.5 Å². The first-order valence-corrected chi connectivity index (χ1v) is 8.27. The fourth-order valence-corrected chi connectivity index (χ4v) is 3.05. The average Bonchev–Trinajstić information content (AvgIpc) is 2.41. The molecule has 106 valence electrons. The molecule has 1 rings (SSSR count). The molecule has 0 saturated heterocycles. The molecule has 1 unspecified atom stereocenters. The van der Waals surface area contributed by atoms with E-state index in [1.807, 2.05) is 43.0 Å².